The van der Waals surface area contributed by atoms with Gasteiger partial charge in [0.2, 0.25) is 5.91 Å². The van der Waals surface area contributed by atoms with Gasteiger partial charge in [-0.3, -0.25) is 19.5 Å². The summed E-state index contributed by atoms with van der Waals surface area (Å²) in [6.45, 7) is 1.99. The van der Waals surface area contributed by atoms with Crippen molar-refractivity contribution in [1.29, 1.82) is 0 Å². The fourth-order valence-corrected chi connectivity index (χ4v) is 4.71. The molecular formula is C34H34F2N4O7. The number of aliphatic hydroxyl groups excluding tert-OH is 1. The molecule has 0 spiro atoms. The van der Waals surface area contributed by atoms with Crippen LogP contribution in [0.1, 0.15) is 23.6 Å². The molecule has 3 aromatic carbocycles. The lowest BCUT2D eigenvalue weighted by Gasteiger charge is -2.29. The van der Waals surface area contributed by atoms with Crippen molar-refractivity contribution in [3.8, 4) is 11.4 Å². The summed E-state index contributed by atoms with van der Waals surface area (Å²) in [4.78, 5) is 56.0. The smallest absolute Gasteiger partial charge is 0.412 e. The van der Waals surface area contributed by atoms with Crippen molar-refractivity contribution in [2.75, 3.05) is 11.9 Å². The summed E-state index contributed by atoms with van der Waals surface area (Å²) in [6, 6.07) is 22.3. The van der Waals surface area contributed by atoms with Gasteiger partial charge in [0.05, 0.1) is 18.8 Å². The molecule has 0 saturated carbocycles. The molecule has 246 valence electrons. The minimum absolute atomic E-state index is 0.0501. The average molecular weight is 649 g/mol. The lowest BCUT2D eigenvalue weighted by atomic mass is 9.97. The predicted octanol–water partition coefficient (Wildman–Crippen LogP) is 4.25. The number of hydrogen-bond donors (Lipinski definition) is 3. The molecule has 1 heterocycles. The van der Waals surface area contributed by atoms with Gasteiger partial charge in [-0.15, -0.1) is 0 Å². The zero-order valence-electron chi connectivity index (χ0n) is 25.7. The maximum atomic E-state index is 15.0. The Bertz CT molecular complexity index is 1750. The maximum Gasteiger partial charge on any atom is 0.412 e. The number of hydrogen-bond acceptors (Lipinski definition) is 8. The van der Waals surface area contributed by atoms with E-state index in [9.17, 15) is 33.1 Å². The second kappa shape index (κ2) is 15.7. The zero-order chi connectivity index (χ0) is 34.0. The Kier molecular flexibility index (Phi) is 11.5. The molecule has 2 amide bonds. The molecule has 13 heteroatoms. The number of alkyl halides is 2. The third-order valence-electron chi connectivity index (χ3n) is 7.02. The molecule has 11 nitrogen and oxygen atoms in total. The first kappa shape index (κ1) is 34.4. The number of esters is 1. The number of amides is 2. The molecule has 4 rings (SSSR count). The Morgan fingerprint density at radius 1 is 0.957 bits per heavy atom. The molecule has 0 unspecified atom stereocenters. The molecule has 0 radical (unpaired) electrons. The predicted molar refractivity (Wildman–Crippen MR) is 169 cm³/mol. The highest BCUT2D eigenvalue weighted by molar-refractivity contribution is 5.84. The molecule has 0 bridgehead atoms. The first-order valence-electron chi connectivity index (χ1n) is 14.7. The van der Waals surface area contributed by atoms with Crippen LogP contribution in [0.3, 0.4) is 0 Å². The van der Waals surface area contributed by atoms with Crippen LogP contribution in [-0.2, 0) is 38.6 Å². The van der Waals surface area contributed by atoms with Crippen molar-refractivity contribution in [2.24, 2.45) is 0 Å². The first-order valence-corrected chi connectivity index (χ1v) is 14.7. The van der Waals surface area contributed by atoms with Crippen molar-refractivity contribution >= 4 is 23.7 Å². The van der Waals surface area contributed by atoms with E-state index in [1.54, 1.807) is 78.9 Å². The van der Waals surface area contributed by atoms with Crippen LogP contribution in [0.5, 0.6) is 0 Å². The second-order valence-electron chi connectivity index (χ2n) is 10.6. The molecular weight excluding hydrogens is 614 g/mol. The van der Waals surface area contributed by atoms with Crippen LogP contribution in [-0.4, -0.2) is 57.3 Å². The molecule has 2 atom stereocenters. The third kappa shape index (κ3) is 9.07. The van der Waals surface area contributed by atoms with Crippen LogP contribution in [0.25, 0.3) is 11.4 Å². The van der Waals surface area contributed by atoms with Gasteiger partial charge < -0.3 is 19.9 Å². The number of benzene rings is 3. The maximum absolute atomic E-state index is 15.0. The topological polar surface area (TPSA) is 149 Å². The Hall–Kier alpha value is -5.43. The number of ether oxygens (including phenoxy) is 2. The van der Waals surface area contributed by atoms with E-state index in [1.807, 2.05) is 13.0 Å². The van der Waals surface area contributed by atoms with Crippen molar-refractivity contribution in [2.45, 2.75) is 51.5 Å². The van der Waals surface area contributed by atoms with Crippen molar-refractivity contribution in [3.63, 3.8) is 0 Å². The SMILES string of the molecule is CCOC(=O)C(F)(F)[C@H](O)[C@H](Cc1ccccc1)NC(=O)Cn1c(-c2cccc(C)c2)ncc(NC(=O)OCc2ccccc2)c1=O. The van der Waals surface area contributed by atoms with Crippen LogP contribution < -0.4 is 16.2 Å². The first-order chi connectivity index (χ1) is 22.5. The summed E-state index contributed by atoms with van der Waals surface area (Å²) in [7, 11) is 0. The number of halogens is 2. The monoisotopic (exact) mass is 648 g/mol. The molecule has 3 N–H and O–H groups in total. The lowest BCUT2D eigenvalue weighted by Crippen LogP contribution is -2.56. The van der Waals surface area contributed by atoms with E-state index < -0.39 is 48.1 Å². The summed E-state index contributed by atoms with van der Waals surface area (Å²) in [6.07, 6.45) is -2.78. The average Bonchev–Trinajstić information content (AvgIpc) is 3.06. The van der Waals surface area contributed by atoms with Crippen molar-refractivity contribution in [1.82, 2.24) is 14.9 Å². The highest BCUT2D eigenvalue weighted by Gasteiger charge is 2.52. The van der Waals surface area contributed by atoms with Gasteiger partial charge in [0.25, 0.3) is 5.56 Å². The standard InChI is InChI=1S/C34H34F2N4O7/c1-3-46-32(44)34(35,36)29(42)26(18-23-12-6-4-7-13-23)38-28(41)20-40-30(25-16-10-11-22(2)17-25)37-19-27(31(40)43)39-33(45)47-21-24-14-8-5-9-15-24/h4-17,19,26,29,42H,3,18,20-21H2,1-2H3,(H,38,41)(H,39,45)/t26-,29+/m0/s1. The van der Waals surface area contributed by atoms with Gasteiger partial charge in [-0.1, -0.05) is 84.4 Å². The van der Waals surface area contributed by atoms with E-state index >= 15 is 0 Å². The van der Waals surface area contributed by atoms with E-state index in [0.29, 0.717) is 16.7 Å². The number of nitrogens with one attached hydrogen (secondary N) is 2. The highest BCUT2D eigenvalue weighted by Crippen LogP contribution is 2.25. The fraction of sp³-hybridized carbons (Fsp3) is 0.265. The van der Waals surface area contributed by atoms with E-state index in [4.69, 9.17) is 4.74 Å². The quantitative estimate of drug-likeness (QED) is 0.182. The molecule has 0 saturated heterocycles. The minimum Gasteiger partial charge on any atom is -0.461 e. The zero-order valence-corrected chi connectivity index (χ0v) is 25.7. The molecule has 1 aromatic heterocycles. The van der Waals surface area contributed by atoms with Gasteiger partial charge in [0, 0.05) is 5.56 Å². The van der Waals surface area contributed by atoms with Gasteiger partial charge in [0.15, 0.2) is 0 Å². The van der Waals surface area contributed by atoms with Gasteiger partial charge in [-0.25, -0.2) is 14.6 Å². The van der Waals surface area contributed by atoms with E-state index in [-0.39, 0.29) is 31.1 Å². The molecule has 0 aliphatic heterocycles. The van der Waals surface area contributed by atoms with Crippen LogP contribution >= 0.6 is 0 Å². The summed E-state index contributed by atoms with van der Waals surface area (Å²) in [5.74, 6) is -7.21. The summed E-state index contributed by atoms with van der Waals surface area (Å²) >= 11 is 0. The Morgan fingerprint density at radius 3 is 2.26 bits per heavy atom. The Labute approximate surface area is 269 Å². The Morgan fingerprint density at radius 2 is 1.62 bits per heavy atom. The second-order valence-corrected chi connectivity index (χ2v) is 10.6. The number of aliphatic hydroxyl groups is 1. The molecule has 0 aliphatic carbocycles. The number of anilines is 1. The van der Waals surface area contributed by atoms with E-state index in [0.717, 1.165) is 16.3 Å². The lowest BCUT2D eigenvalue weighted by molar-refractivity contribution is -0.191. The molecule has 0 fully saturated rings. The van der Waals surface area contributed by atoms with Gasteiger partial charge >= 0.3 is 18.0 Å². The highest BCUT2D eigenvalue weighted by atomic mass is 19.3. The molecule has 0 aliphatic rings. The third-order valence-corrected chi connectivity index (χ3v) is 7.02. The normalized spacial score (nSPS) is 12.4. The van der Waals surface area contributed by atoms with Gasteiger partial charge in [0.1, 0.15) is 30.8 Å². The summed E-state index contributed by atoms with van der Waals surface area (Å²) in [5, 5.41) is 15.4. The number of aromatic nitrogens is 2. The fourth-order valence-electron chi connectivity index (χ4n) is 4.71. The number of carbonyl (C=O) groups is 3. The van der Waals surface area contributed by atoms with Crippen LogP contribution in [0, 0.1) is 6.92 Å². The van der Waals surface area contributed by atoms with Crippen molar-refractivity contribution < 1.29 is 37.7 Å². The minimum atomic E-state index is -4.36. The van der Waals surface area contributed by atoms with Gasteiger partial charge in [-0.2, -0.15) is 8.78 Å². The molecule has 4 aromatic rings. The van der Waals surface area contributed by atoms with Gasteiger partial charge in [-0.05, 0) is 37.5 Å². The number of carbonyl (C=O) groups excluding carboxylic acids is 3. The molecule has 47 heavy (non-hydrogen) atoms. The van der Waals surface area contributed by atoms with Crippen LogP contribution in [0.15, 0.2) is 95.9 Å². The summed E-state index contributed by atoms with van der Waals surface area (Å²) < 4.78 is 40.5. The van der Waals surface area contributed by atoms with Crippen LogP contribution in [0.4, 0.5) is 19.3 Å². The van der Waals surface area contributed by atoms with E-state index in [2.05, 4.69) is 20.4 Å². The Balaban J connectivity index is 1.63. The van der Waals surface area contributed by atoms with Crippen molar-refractivity contribution in [3.05, 3.63) is 118 Å². The van der Waals surface area contributed by atoms with Crippen LogP contribution in [0.2, 0.25) is 0 Å². The number of aryl methyl sites for hydroxylation is 1. The number of nitrogens with zero attached hydrogens (tertiary/aromatic N) is 2. The number of rotatable bonds is 13. The largest absolute Gasteiger partial charge is 0.461 e. The van der Waals surface area contributed by atoms with E-state index in [1.165, 1.54) is 6.92 Å². The summed E-state index contributed by atoms with van der Waals surface area (Å²) in [5.41, 5.74) is 1.35.